The second-order valence-corrected chi connectivity index (χ2v) is 11.1. The van der Waals surface area contributed by atoms with Crippen LogP contribution in [0.4, 0.5) is 10.1 Å². The maximum absolute atomic E-state index is 15.1. The highest BCUT2D eigenvalue weighted by Gasteiger charge is 2.37. The first-order valence-corrected chi connectivity index (χ1v) is 14.0. The van der Waals surface area contributed by atoms with Crippen molar-refractivity contribution in [2.75, 3.05) is 45.2 Å². The maximum Gasteiger partial charge on any atom is 0.231 e. The minimum Gasteiger partial charge on any atom is -0.454 e. The van der Waals surface area contributed by atoms with Crippen molar-refractivity contribution >= 4 is 11.5 Å². The third-order valence-electron chi connectivity index (χ3n) is 8.10. The zero-order chi connectivity index (χ0) is 27.2. The second-order valence-electron chi connectivity index (χ2n) is 11.1. The zero-order valence-corrected chi connectivity index (χ0v) is 23.5. The van der Waals surface area contributed by atoms with Gasteiger partial charge in [0, 0.05) is 49.8 Å². The fraction of sp³-hybridized carbons (Fsp3) is 0.581. The zero-order valence-electron chi connectivity index (χ0n) is 23.5. The van der Waals surface area contributed by atoms with Crippen LogP contribution in [0.25, 0.3) is 0 Å². The van der Waals surface area contributed by atoms with E-state index in [0.717, 1.165) is 30.7 Å². The molecule has 0 N–H and O–H groups in total. The summed E-state index contributed by atoms with van der Waals surface area (Å²) in [5.74, 6) is 1.20. The molecule has 2 aliphatic rings. The Labute approximate surface area is 227 Å². The van der Waals surface area contributed by atoms with E-state index in [4.69, 9.17) is 14.2 Å². The monoisotopic (exact) mass is 526 g/mol. The van der Waals surface area contributed by atoms with Gasteiger partial charge in [-0.3, -0.25) is 9.69 Å². The Balaban J connectivity index is 1.50. The molecule has 208 valence electrons. The number of ketones is 1. The first-order valence-electron chi connectivity index (χ1n) is 14.0. The molecule has 2 heterocycles. The van der Waals surface area contributed by atoms with E-state index in [2.05, 4.69) is 54.8 Å². The highest BCUT2D eigenvalue weighted by Crippen LogP contribution is 2.44. The topological polar surface area (TPSA) is 51.2 Å². The molecule has 1 unspecified atom stereocenters. The van der Waals surface area contributed by atoms with Crippen molar-refractivity contribution in [3.05, 3.63) is 53.3 Å². The van der Waals surface area contributed by atoms with Crippen LogP contribution >= 0.6 is 0 Å². The molecule has 1 saturated heterocycles. The number of fused-ring (bicyclic) bond motifs is 1. The van der Waals surface area contributed by atoms with Gasteiger partial charge in [-0.1, -0.05) is 52.7 Å². The Morgan fingerprint density at radius 1 is 1.13 bits per heavy atom. The highest BCUT2D eigenvalue weighted by molar-refractivity contribution is 5.83. The fourth-order valence-electron chi connectivity index (χ4n) is 5.29. The van der Waals surface area contributed by atoms with Gasteiger partial charge in [0.2, 0.25) is 6.79 Å². The summed E-state index contributed by atoms with van der Waals surface area (Å²) in [6.07, 6.45) is 4.19. The third-order valence-corrected chi connectivity index (χ3v) is 8.10. The van der Waals surface area contributed by atoms with Gasteiger partial charge in [-0.25, -0.2) is 4.39 Å². The van der Waals surface area contributed by atoms with Gasteiger partial charge in [0.05, 0.1) is 6.54 Å². The lowest BCUT2D eigenvalue weighted by atomic mass is 9.92. The van der Waals surface area contributed by atoms with E-state index < -0.39 is 0 Å². The predicted molar refractivity (Wildman–Crippen MR) is 148 cm³/mol. The molecule has 0 bridgehead atoms. The highest BCUT2D eigenvalue weighted by atomic mass is 19.1. The lowest BCUT2D eigenvalue weighted by Crippen LogP contribution is -2.34. The summed E-state index contributed by atoms with van der Waals surface area (Å²) in [6, 6.07) is 11.7. The molecule has 0 radical (unpaired) electrons. The lowest BCUT2D eigenvalue weighted by molar-refractivity contribution is -0.125. The molecular formula is C31H43FN2O4. The van der Waals surface area contributed by atoms with Gasteiger partial charge in [-0.15, -0.1) is 0 Å². The normalized spacial score (nSPS) is 19.8. The van der Waals surface area contributed by atoms with E-state index in [0.29, 0.717) is 36.9 Å². The molecule has 0 aliphatic carbocycles. The van der Waals surface area contributed by atoms with Crippen molar-refractivity contribution in [1.29, 1.82) is 0 Å². The van der Waals surface area contributed by atoms with E-state index >= 15 is 4.39 Å². The van der Waals surface area contributed by atoms with Gasteiger partial charge in [0.1, 0.15) is 18.3 Å². The van der Waals surface area contributed by atoms with Crippen molar-refractivity contribution in [3.63, 3.8) is 0 Å². The molecule has 0 saturated carbocycles. The van der Waals surface area contributed by atoms with Crippen LogP contribution in [0, 0.1) is 17.7 Å². The van der Waals surface area contributed by atoms with Gasteiger partial charge >= 0.3 is 0 Å². The number of ether oxygens (including phenoxy) is 3. The number of Topliss-reactive ketones (excluding diaryl/α,β-unsaturated/α-hetero) is 1. The SMILES string of the molecule is CCCCCOCN(C)c1ccc([C@H]2C[C@@H](c3cc4c(cc3F)OCO4)CN2CC(=O)C(C)C(C)C)cc1. The molecule has 2 aliphatic heterocycles. The number of carbonyl (C=O) groups excluding carboxylic acids is 1. The standard InChI is InChI=1S/C31H43FN2O4/c1-6-7-8-13-36-19-33(5)25-11-9-23(10-12-25)28-14-24(17-34(28)18-29(35)22(4)21(2)3)26-15-30-31(16-27(26)32)38-20-37-30/h9-12,15-16,21-22,24,28H,6-8,13-14,17-20H2,1-5H3/t22?,24-,28-/m1/s1. The van der Waals surface area contributed by atoms with Crippen LogP contribution in [0.1, 0.15) is 76.5 Å². The Bertz CT molecular complexity index is 1070. The fourth-order valence-corrected chi connectivity index (χ4v) is 5.29. The molecule has 38 heavy (non-hydrogen) atoms. The summed E-state index contributed by atoms with van der Waals surface area (Å²) in [7, 11) is 2.03. The lowest BCUT2D eigenvalue weighted by Gasteiger charge is -2.27. The van der Waals surface area contributed by atoms with Gasteiger partial charge in [0.15, 0.2) is 11.5 Å². The quantitative estimate of drug-likeness (QED) is 0.218. The van der Waals surface area contributed by atoms with Crippen LogP contribution in [0.2, 0.25) is 0 Å². The Morgan fingerprint density at radius 3 is 2.53 bits per heavy atom. The van der Waals surface area contributed by atoms with Crippen LogP contribution in [0.3, 0.4) is 0 Å². The van der Waals surface area contributed by atoms with Gasteiger partial charge in [-0.05, 0) is 48.1 Å². The third kappa shape index (κ3) is 6.67. The molecule has 2 aromatic rings. The van der Waals surface area contributed by atoms with Gasteiger partial charge < -0.3 is 19.1 Å². The van der Waals surface area contributed by atoms with Crippen molar-refractivity contribution in [3.8, 4) is 11.5 Å². The molecule has 6 nitrogen and oxygen atoms in total. The summed E-state index contributed by atoms with van der Waals surface area (Å²) in [4.78, 5) is 17.4. The van der Waals surface area contributed by atoms with Crippen LogP contribution in [-0.4, -0.2) is 51.0 Å². The molecule has 0 amide bonds. The summed E-state index contributed by atoms with van der Waals surface area (Å²) < 4.78 is 31.8. The number of halogens is 1. The number of carbonyl (C=O) groups is 1. The largest absolute Gasteiger partial charge is 0.454 e. The average Bonchev–Trinajstić information content (AvgIpc) is 3.54. The number of benzene rings is 2. The summed E-state index contributed by atoms with van der Waals surface area (Å²) in [5.41, 5.74) is 2.85. The minimum absolute atomic E-state index is 0.0228. The predicted octanol–water partition coefficient (Wildman–Crippen LogP) is 6.55. The minimum atomic E-state index is -0.280. The molecule has 0 spiro atoms. The smallest absolute Gasteiger partial charge is 0.231 e. The Kier molecular flexibility index (Phi) is 9.66. The number of likely N-dealkylation sites (tertiary alicyclic amines) is 1. The van der Waals surface area contributed by atoms with Crippen molar-refractivity contribution < 1.29 is 23.4 Å². The summed E-state index contributed by atoms with van der Waals surface area (Å²) in [6.45, 7) is 10.8. The van der Waals surface area contributed by atoms with Crippen LogP contribution in [0.15, 0.2) is 36.4 Å². The van der Waals surface area contributed by atoms with E-state index in [9.17, 15) is 4.79 Å². The van der Waals surface area contributed by atoms with Crippen molar-refractivity contribution in [1.82, 2.24) is 4.90 Å². The molecule has 2 aromatic carbocycles. The summed E-state index contributed by atoms with van der Waals surface area (Å²) in [5, 5.41) is 0. The molecule has 7 heteroatoms. The van der Waals surface area contributed by atoms with E-state index in [1.165, 1.54) is 18.9 Å². The second kappa shape index (κ2) is 12.9. The Morgan fingerprint density at radius 2 is 1.84 bits per heavy atom. The Hall–Kier alpha value is -2.64. The van der Waals surface area contributed by atoms with Crippen LogP contribution in [-0.2, 0) is 9.53 Å². The average molecular weight is 527 g/mol. The van der Waals surface area contributed by atoms with E-state index in [1.807, 2.05) is 14.0 Å². The maximum atomic E-state index is 15.1. The summed E-state index contributed by atoms with van der Waals surface area (Å²) >= 11 is 0. The number of hydrogen-bond donors (Lipinski definition) is 0. The molecule has 0 aromatic heterocycles. The van der Waals surface area contributed by atoms with E-state index in [-0.39, 0.29) is 42.2 Å². The number of anilines is 1. The number of hydrogen-bond acceptors (Lipinski definition) is 6. The van der Waals surface area contributed by atoms with Gasteiger partial charge in [-0.2, -0.15) is 0 Å². The van der Waals surface area contributed by atoms with Crippen molar-refractivity contribution in [2.24, 2.45) is 11.8 Å². The number of rotatable bonds is 13. The van der Waals surface area contributed by atoms with Crippen LogP contribution < -0.4 is 14.4 Å². The molecule has 4 rings (SSSR count). The molecule has 1 fully saturated rings. The van der Waals surface area contributed by atoms with Crippen molar-refractivity contribution in [2.45, 2.75) is 65.3 Å². The first kappa shape index (κ1) is 28.4. The van der Waals surface area contributed by atoms with Gasteiger partial charge in [0.25, 0.3) is 0 Å². The number of unbranched alkanes of at least 4 members (excludes halogenated alkanes) is 2. The molecular weight excluding hydrogens is 483 g/mol. The number of nitrogens with zero attached hydrogens (tertiary/aromatic N) is 2. The molecule has 3 atom stereocenters. The van der Waals surface area contributed by atoms with Crippen LogP contribution in [0.5, 0.6) is 11.5 Å². The van der Waals surface area contributed by atoms with E-state index in [1.54, 1.807) is 6.07 Å². The first-order chi connectivity index (χ1) is 18.3.